The average Bonchev–Trinajstić information content (AvgIpc) is 1.82. The van der Waals surface area contributed by atoms with Gasteiger partial charge in [0.05, 0.1) is 49.4 Å². The van der Waals surface area contributed by atoms with Crippen LogP contribution in [0.4, 0.5) is 0 Å². The minimum Gasteiger partial charge on any atom is -0.453 e. The Bertz CT molecular complexity index is 6190. The summed E-state index contributed by atoms with van der Waals surface area (Å²) in [5.41, 5.74) is 21.1. The lowest BCUT2D eigenvalue weighted by Crippen LogP contribution is -1.93. The minimum absolute atomic E-state index is 0.964. The van der Waals surface area contributed by atoms with E-state index in [9.17, 15) is 0 Å². The molecule has 0 bridgehead atoms. The lowest BCUT2D eigenvalue weighted by Gasteiger charge is -2.08. The molecule has 0 spiro atoms. The molecular formula is C70H42N2O3S7. The summed E-state index contributed by atoms with van der Waals surface area (Å²) in [7, 11) is 0. The summed E-state index contributed by atoms with van der Waals surface area (Å²) < 4.78 is 43.0. The number of nitrogens with zero attached hydrogens (tertiary/aromatic N) is 2. The summed E-state index contributed by atoms with van der Waals surface area (Å²) in [6.45, 7) is 12.9. The van der Waals surface area contributed by atoms with Gasteiger partial charge in [-0.25, -0.2) is 0 Å². The van der Waals surface area contributed by atoms with Crippen molar-refractivity contribution >= 4 is 244 Å². The fraction of sp³-hybridized carbons (Fsp3) is 0.0857. The molecule has 12 heterocycles. The molecule has 8 aromatic carbocycles. The molecule has 0 fully saturated rings. The van der Waals surface area contributed by atoms with E-state index in [1.54, 1.807) is 0 Å². The first kappa shape index (κ1) is 46.8. The van der Waals surface area contributed by atoms with Gasteiger partial charge >= 0.3 is 0 Å². The first-order chi connectivity index (χ1) is 40.0. The van der Waals surface area contributed by atoms with Gasteiger partial charge in [0.1, 0.15) is 5.52 Å². The van der Waals surface area contributed by atoms with Gasteiger partial charge in [0.15, 0.2) is 33.5 Å². The maximum absolute atomic E-state index is 6.78. The lowest BCUT2D eigenvalue weighted by molar-refractivity contribution is 0.676. The molecule has 0 aliphatic rings. The smallest absolute Gasteiger partial charge is 0.162 e. The Hall–Kier alpha value is -7.78. The SMILES string of the molecule is Cc1ccc(-n2c3c4ccc(C)cc4sc3c3sc4cc5c(cc4c32)sc2c5oc3c4ccc(C)cc4sc32)cc1.Cc1ccc(-n2c3cc(C)ccc3c3oc4c5cc6sc7c(oc8c9ccc(C)cc9sc87)c6cc5sc4c32)cc1. The highest BCUT2D eigenvalue weighted by atomic mass is 32.1. The molecule has 0 unspecified atom stereocenters. The van der Waals surface area contributed by atoms with Crippen LogP contribution in [0.5, 0.6) is 0 Å². The van der Waals surface area contributed by atoms with Crippen molar-refractivity contribution in [3.8, 4) is 11.4 Å². The first-order valence-electron chi connectivity index (χ1n) is 27.3. The zero-order chi connectivity index (χ0) is 54.3. The number of benzene rings is 8. The highest BCUT2D eigenvalue weighted by molar-refractivity contribution is 7.35. The van der Waals surface area contributed by atoms with Crippen molar-refractivity contribution in [2.75, 3.05) is 0 Å². The van der Waals surface area contributed by atoms with Crippen LogP contribution in [0, 0.1) is 41.5 Å². The molecule has 82 heavy (non-hydrogen) atoms. The Kier molecular flexibility index (Phi) is 9.40. The van der Waals surface area contributed by atoms with Gasteiger partial charge in [-0.2, -0.15) is 0 Å². The molecule has 0 atom stereocenters. The maximum atomic E-state index is 6.78. The van der Waals surface area contributed by atoms with Gasteiger partial charge in [-0.05, 0) is 155 Å². The van der Waals surface area contributed by atoms with Crippen LogP contribution in [0.2, 0.25) is 0 Å². The number of thiophene rings is 7. The number of aromatic nitrogens is 2. The highest BCUT2D eigenvalue weighted by Gasteiger charge is 2.28. The summed E-state index contributed by atoms with van der Waals surface area (Å²) >= 11 is 13.1. The fourth-order valence-electron chi connectivity index (χ4n) is 12.9. The van der Waals surface area contributed by atoms with Crippen LogP contribution in [0.25, 0.3) is 176 Å². The largest absolute Gasteiger partial charge is 0.453 e. The van der Waals surface area contributed by atoms with Gasteiger partial charge in [0, 0.05) is 87.4 Å². The summed E-state index contributed by atoms with van der Waals surface area (Å²) in [5, 5.41) is 9.86. The van der Waals surface area contributed by atoms with Crippen LogP contribution in [-0.4, -0.2) is 9.13 Å². The number of hydrogen-bond acceptors (Lipinski definition) is 10. The van der Waals surface area contributed by atoms with E-state index in [1.165, 1.54) is 159 Å². The van der Waals surface area contributed by atoms with E-state index in [4.69, 9.17) is 13.3 Å². The van der Waals surface area contributed by atoms with Gasteiger partial charge in [0.25, 0.3) is 0 Å². The van der Waals surface area contributed by atoms with E-state index in [1.807, 2.05) is 79.4 Å². The first-order valence-corrected chi connectivity index (χ1v) is 33.0. The molecule has 392 valence electrons. The minimum atomic E-state index is 0.964. The Labute approximate surface area is 493 Å². The van der Waals surface area contributed by atoms with E-state index in [0.717, 1.165) is 50.1 Å². The van der Waals surface area contributed by atoms with E-state index in [0.29, 0.717) is 0 Å². The predicted molar refractivity (Wildman–Crippen MR) is 362 cm³/mol. The summed E-state index contributed by atoms with van der Waals surface area (Å²) in [4.78, 5) is 0. The summed E-state index contributed by atoms with van der Waals surface area (Å²) in [5.74, 6) is 0. The van der Waals surface area contributed by atoms with Crippen LogP contribution in [-0.2, 0) is 0 Å². The van der Waals surface area contributed by atoms with Gasteiger partial charge in [-0.1, -0.05) is 65.7 Å². The molecule has 0 N–H and O–H groups in total. The molecule has 5 nitrogen and oxygen atoms in total. The predicted octanol–water partition coefficient (Wildman–Crippen LogP) is 24.5. The van der Waals surface area contributed by atoms with Crippen LogP contribution in [0.3, 0.4) is 0 Å². The van der Waals surface area contributed by atoms with Crippen molar-refractivity contribution in [1.82, 2.24) is 9.13 Å². The molecule has 0 amide bonds. The van der Waals surface area contributed by atoms with E-state index < -0.39 is 0 Å². The molecule has 20 aromatic rings. The highest BCUT2D eigenvalue weighted by Crippen LogP contribution is 2.54. The van der Waals surface area contributed by atoms with Crippen molar-refractivity contribution in [2.45, 2.75) is 41.5 Å². The Morgan fingerprint density at radius 2 is 0.573 bits per heavy atom. The van der Waals surface area contributed by atoms with Gasteiger partial charge in [0.2, 0.25) is 0 Å². The van der Waals surface area contributed by atoms with Crippen LogP contribution >= 0.6 is 79.4 Å². The second kappa shape index (κ2) is 16.5. The van der Waals surface area contributed by atoms with Crippen LogP contribution in [0.15, 0.2) is 159 Å². The van der Waals surface area contributed by atoms with Crippen molar-refractivity contribution in [2.24, 2.45) is 0 Å². The number of aryl methyl sites for hydroxylation is 6. The normalized spacial score (nSPS) is 12.8. The zero-order valence-electron chi connectivity index (χ0n) is 44.8. The fourth-order valence-corrected chi connectivity index (χ4v) is 21.7. The van der Waals surface area contributed by atoms with Crippen LogP contribution in [0.1, 0.15) is 33.4 Å². The lowest BCUT2D eigenvalue weighted by atomic mass is 10.1. The van der Waals surface area contributed by atoms with E-state index in [2.05, 4.69) is 196 Å². The Balaban J connectivity index is 0.000000122. The van der Waals surface area contributed by atoms with Crippen molar-refractivity contribution in [1.29, 1.82) is 0 Å². The molecule has 0 radical (unpaired) electrons. The average molecular weight is 1180 g/mol. The van der Waals surface area contributed by atoms with Crippen LogP contribution < -0.4 is 0 Å². The standard InChI is InChI=1S/C35H21NO2S3.C35H21NOS4/c1-16-4-8-19(9-5-16)36-24-12-17(2)6-10-20(24)29-28(36)33-31(37-29)22-14-27-23(15-26(22)39-33)32-35(41-27)34-30(38-32)21-11-7-18(3)13-25(21)40-34;1-16-4-8-19(9-5-16)36-28-20-10-6-17(2)12-24(20)38-32(28)33-29(36)22-14-27-23(15-26(22)39-33)31-35(41-27)34-30(37-31)21-11-7-18(3)13-25(21)40-34/h2*4-15H,1-3H3. The van der Waals surface area contributed by atoms with Crippen molar-refractivity contribution < 1.29 is 13.3 Å². The molecule has 0 saturated heterocycles. The molecular weight excluding hydrogens is 1140 g/mol. The monoisotopic (exact) mass is 1180 g/mol. The molecule has 20 rings (SSSR count). The van der Waals surface area contributed by atoms with E-state index >= 15 is 0 Å². The van der Waals surface area contributed by atoms with Gasteiger partial charge < -0.3 is 22.4 Å². The van der Waals surface area contributed by atoms with E-state index in [-0.39, 0.29) is 0 Å². The Morgan fingerprint density at radius 3 is 1.09 bits per heavy atom. The third-order valence-electron chi connectivity index (χ3n) is 16.8. The van der Waals surface area contributed by atoms with Gasteiger partial charge in [-0.15, -0.1) is 79.4 Å². The number of rotatable bonds is 2. The maximum Gasteiger partial charge on any atom is 0.162 e. The zero-order valence-corrected chi connectivity index (χ0v) is 50.5. The molecule has 12 aromatic heterocycles. The topological polar surface area (TPSA) is 49.3 Å². The molecule has 0 saturated carbocycles. The van der Waals surface area contributed by atoms with Crippen molar-refractivity contribution in [3.05, 3.63) is 179 Å². The Morgan fingerprint density at radius 1 is 0.244 bits per heavy atom. The second-order valence-corrected chi connectivity index (χ2v) is 29.8. The summed E-state index contributed by atoms with van der Waals surface area (Å²) in [6.07, 6.45) is 0. The molecule has 0 aliphatic heterocycles. The molecule has 0 aliphatic carbocycles. The third kappa shape index (κ3) is 6.35. The third-order valence-corrected chi connectivity index (χ3v) is 25.3. The van der Waals surface area contributed by atoms with Crippen molar-refractivity contribution in [3.63, 3.8) is 0 Å². The molecule has 12 heteroatoms. The number of hydrogen-bond donors (Lipinski definition) is 0. The van der Waals surface area contributed by atoms with Gasteiger partial charge in [-0.3, -0.25) is 0 Å². The second-order valence-electron chi connectivity index (χ2n) is 22.4. The summed E-state index contributed by atoms with van der Waals surface area (Å²) in [6, 6.07) is 54.1. The quantitative estimate of drug-likeness (QED) is 0.173. The number of furan rings is 3. The number of fused-ring (bicyclic) bond motifs is 28.